The van der Waals surface area contributed by atoms with Crippen LogP contribution in [0.2, 0.25) is 0 Å². The second-order valence-electron chi connectivity index (χ2n) is 7.88. The Bertz CT molecular complexity index is 676. The molecule has 3 aliphatic rings. The first kappa shape index (κ1) is 17.9. The molecule has 5 heteroatoms. The van der Waals surface area contributed by atoms with Gasteiger partial charge < -0.3 is 9.47 Å². The van der Waals surface area contributed by atoms with Gasteiger partial charge in [-0.15, -0.1) is 0 Å². The van der Waals surface area contributed by atoms with E-state index in [2.05, 4.69) is 6.92 Å². The second kappa shape index (κ2) is 6.11. The van der Waals surface area contributed by atoms with Crippen molar-refractivity contribution in [1.82, 2.24) is 0 Å². The Balaban J connectivity index is 2.07. The highest BCUT2D eigenvalue weighted by Crippen LogP contribution is 2.54. The zero-order valence-electron chi connectivity index (χ0n) is 15.4. The summed E-state index contributed by atoms with van der Waals surface area (Å²) in [6.45, 7) is 9.20. The molecule has 2 fully saturated rings. The first-order chi connectivity index (χ1) is 11.7. The van der Waals surface area contributed by atoms with Crippen molar-refractivity contribution in [3.63, 3.8) is 0 Å². The average Bonchev–Trinajstić information content (AvgIpc) is 2.99. The lowest BCUT2D eigenvalue weighted by Gasteiger charge is -2.40. The number of allylic oxidation sites excluding steroid dienone is 3. The Hall–Kier alpha value is -1.91. The molecule has 0 spiro atoms. The molecule has 1 saturated heterocycles. The summed E-state index contributed by atoms with van der Waals surface area (Å²) in [5, 5.41) is 0. The van der Waals surface area contributed by atoms with Crippen molar-refractivity contribution in [3.05, 3.63) is 23.8 Å². The maximum Gasteiger partial charge on any atom is 0.333 e. The van der Waals surface area contributed by atoms with Crippen LogP contribution in [-0.4, -0.2) is 29.9 Å². The van der Waals surface area contributed by atoms with Gasteiger partial charge in [-0.05, 0) is 45.1 Å². The molecule has 0 amide bonds. The van der Waals surface area contributed by atoms with Gasteiger partial charge in [0.25, 0.3) is 0 Å². The summed E-state index contributed by atoms with van der Waals surface area (Å²) in [5.74, 6) is -1.32. The summed E-state index contributed by atoms with van der Waals surface area (Å²) in [7, 11) is 0. The van der Waals surface area contributed by atoms with Gasteiger partial charge in [0.15, 0.2) is 5.78 Å². The number of hydrogen-bond acceptors (Lipinski definition) is 5. The average molecular weight is 346 g/mol. The quantitative estimate of drug-likeness (QED) is 0.568. The van der Waals surface area contributed by atoms with Crippen LogP contribution >= 0.6 is 0 Å². The maximum atomic E-state index is 12.8. The van der Waals surface area contributed by atoms with Crippen LogP contribution in [0, 0.1) is 29.1 Å². The SMILES string of the molecule is C/C=C(/C)C(=O)O[C@H]1[C@@H]2[C@H](C)C(=O)O[C@@H]2C[C@@H](C)[C@@H]2C=CC(=O)[C@]21C. The van der Waals surface area contributed by atoms with Crippen LogP contribution in [0.15, 0.2) is 23.8 Å². The molecule has 25 heavy (non-hydrogen) atoms. The van der Waals surface area contributed by atoms with Crippen molar-refractivity contribution in [2.24, 2.45) is 29.1 Å². The zero-order chi connectivity index (χ0) is 18.5. The monoisotopic (exact) mass is 346 g/mol. The second-order valence-corrected chi connectivity index (χ2v) is 7.88. The van der Waals surface area contributed by atoms with E-state index in [4.69, 9.17) is 9.47 Å². The fourth-order valence-corrected chi connectivity index (χ4v) is 4.76. The van der Waals surface area contributed by atoms with Crippen molar-refractivity contribution in [1.29, 1.82) is 0 Å². The lowest BCUT2D eigenvalue weighted by Crippen LogP contribution is -2.50. The number of ether oxygens (including phenoxy) is 2. The van der Waals surface area contributed by atoms with Gasteiger partial charge in [0.05, 0.1) is 11.3 Å². The largest absolute Gasteiger partial charge is 0.462 e. The van der Waals surface area contributed by atoms with Crippen LogP contribution in [-0.2, 0) is 23.9 Å². The van der Waals surface area contributed by atoms with Crippen LogP contribution in [0.4, 0.5) is 0 Å². The summed E-state index contributed by atoms with van der Waals surface area (Å²) in [5.41, 5.74) is -0.365. The molecule has 0 radical (unpaired) electrons. The van der Waals surface area contributed by atoms with E-state index in [1.54, 1.807) is 32.9 Å². The number of esters is 2. The third-order valence-electron chi connectivity index (χ3n) is 6.47. The number of hydrogen-bond donors (Lipinski definition) is 0. The summed E-state index contributed by atoms with van der Waals surface area (Å²) in [6, 6.07) is 0. The first-order valence-electron chi connectivity index (χ1n) is 8.98. The first-order valence-corrected chi connectivity index (χ1v) is 8.98. The molecule has 1 heterocycles. The number of carbonyl (C=O) groups excluding carboxylic acids is 3. The molecular weight excluding hydrogens is 320 g/mol. The number of fused-ring (bicyclic) bond motifs is 2. The van der Waals surface area contributed by atoms with E-state index in [1.165, 1.54) is 0 Å². The van der Waals surface area contributed by atoms with E-state index in [0.717, 1.165) is 0 Å². The predicted octanol–water partition coefficient (Wildman–Crippen LogP) is 2.84. The molecule has 3 rings (SSSR count). The topological polar surface area (TPSA) is 69.7 Å². The molecule has 0 unspecified atom stereocenters. The molecule has 0 aromatic carbocycles. The summed E-state index contributed by atoms with van der Waals surface area (Å²) < 4.78 is 11.5. The van der Waals surface area contributed by atoms with Crippen molar-refractivity contribution in [2.75, 3.05) is 0 Å². The predicted molar refractivity (Wildman–Crippen MR) is 91.4 cm³/mol. The van der Waals surface area contributed by atoms with Gasteiger partial charge in [0.1, 0.15) is 12.2 Å². The Morgan fingerprint density at radius 3 is 2.68 bits per heavy atom. The molecule has 0 aromatic heterocycles. The van der Waals surface area contributed by atoms with E-state index >= 15 is 0 Å². The van der Waals surface area contributed by atoms with Gasteiger partial charge >= 0.3 is 11.9 Å². The highest BCUT2D eigenvalue weighted by atomic mass is 16.6. The summed E-state index contributed by atoms with van der Waals surface area (Å²) in [6.07, 6.45) is 4.91. The van der Waals surface area contributed by atoms with E-state index in [1.807, 2.05) is 13.0 Å². The molecule has 0 N–H and O–H groups in total. The summed E-state index contributed by atoms with van der Waals surface area (Å²) in [4.78, 5) is 37.5. The molecule has 1 saturated carbocycles. The summed E-state index contributed by atoms with van der Waals surface area (Å²) >= 11 is 0. The number of carbonyl (C=O) groups is 3. The smallest absolute Gasteiger partial charge is 0.333 e. The zero-order valence-corrected chi connectivity index (χ0v) is 15.4. The van der Waals surface area contributed by atoms with Gasteiger partial charge in [0.2, 0.25) is 0 Å². The van der Waals surface area contributed by atoms with E-state index < -0.39 is 23.4 Å². The third-order valence-corrected chi connectivity index (χ3v) is 6.47. The van der Waals surface area contributed by atoms with Crippen LogP contribution < -0.4 is 0 Å². The Morgan fingerprint density at radius 1 is 1.36 bits per heavy atom. The van der Waals surface area contributed by atoms with E-state index in [0.29, 0.717) is 12.0 Å². The highest BCUT2D eigenvalue weighted by Gasteiger charge is 2.62. The van der Waals surface area contributed by atoms with Gasteiger partial charge in [-0.2, -0.15) is 0 Å². The molecule has 1 aliphatic heterocycles. The van der Waals surface area contributed by atoms with Gasteiger partial charge in [-0.3, -0.25) is 9.59 Å². The Kier molecular flexibility index (Phi) is 4.38. The van der Waals surface area contributed by atoms with Gasteiger partial charge in [0, 0.05) is 11.5 Å². The molecule has 2 aliphatic carbocycles. The van der Waals surface area contributed by atoms with Crippen LogP contribution in [0.5, 0.6) is 0 Å². The lowest BCUT2D eigenvalue weighted by atomic mass is 9.66. The standard InChI is InChI=1S/C20H26O5/c1-6-10(2)18(22)25-17-16-12(4)19(23)24-14(16)9-11(3)13-7-8-15(21)20(13,17)5/h6-8,11-14,16-17H,9H2,1-5H3/b10-6-/t11-,12+,13+,14-,16-,17+,20+/m1/s1. The van der Waals surface area contributed by atoms with Crippen LogP contribution in [0.25, 0.3) is 0 Å². The number of rotatable bonds is 2. The Morgan fingerprint density at radius 2 is 2.04 bits per heavy atom. The van der Waals surface area contributed by atoms with Gasteiger partial charge in [-0.1, -0.05) is 26.0 Å². The minimum atomic E-state index is -0.856. The van der Waals surface area contributed by atoms with Crippen molar-refractivity contribution >= 4 is 17.7 Å². The molecular formula is C20H26O5. The van der Waals surface area contributed by atoms with E-state index in [9.17, 15) is 14.4 Å². The van der Waals surface area contributed by atoms with Crippen LogP contribution in [0.3, 0.4) is 0 Å². The highest BCUT2D eigenvalue weighted by molar-refractivity contribution is 5.99. The molecule has 7 atom stereocenters. The fourth-order valence-electron chi connectivity index (χ4n) is 4.76. The fraction of sp³-hybridized carbons (Fsp3) is 0.650. The van der Waals surface area contributed by atoms with Crippen molar-refractivity contribution in [2.45, 2.75) is 53.2 Å². The normalized spacial score (nSPS) is 43.3. The van der Waals surface area contributed by atoms with Crippen molar-refractivity contribution < 1.29 is 23.9 Å². The maximum absolute atomic E-state index is 12.8. The minimum absolute atomic E-state index is 0.0276. The third kappa shape index (κ3) is 2.55. The lowest BCUT2D eigenvalue weighted by molar-refractivity contribution is -0.163. The minimum Gasteiger partial charge on any atom is -0.462 e. The molecule has 0 bridgehead atoms. The van der Waals surface area contributed by atoms with Crippen LogP contribution in [0.1, 0.15) is 41.0 Å². The van der Waals surface area contributed by atoms with E-state index in [-0.39, 0.29) is 35.6 Å². The molecule has 136 valence electrons. The van der Waals surface area contributed by atoms with Gasteiger partial charge in [-0.25, -0.2) is 4.79 Å². The number of ketones is 1. The Labute approximate surface area is 148 Å². The molecule has 0 aromatic rings. The molecule has 5 nitrogen and oxygen atoms in total. The van der Waals surface area contributed by atoms with Crippen molar-refractivity contribution in [3.8, 4) is 0 Å².